The van der Waals surface area contributed by atoms with Crippen molar-refractivity contribution in [3.63, 3.8) is 0 Å². The van der Waals surface area contributed by atoms with E-state index in [1.807, 2.05) is 0 Å². The van der Waals surface area contributed by atoms with E-state index >= 15 is 0 Å². The molecule has 21 heavy (non-hydrogen) atoms. The Morgan fingerprint density at radius 2 is 2.05 bits per heavy atom. The number of benzene rings is 1. The number of aromatic nitrogens is 2. The van der Waals surface area contributed by atoms with Crippen LogP contribution < -0.4 is 0 Å². The lowest BCUT2D eigenvalue weighted by Gasteiger charge is -2.18. The average molecular weight is 300 g/mol. The first-order chi connectivity index (χ1) is 10.2. The molecule has 1 aliphatic heterocycles. The molecule has 3 nitrogen and oxygen atoms in total. The van der Waals surface area contributed by atoms with E-state index in [4.69, 9.17) is 16.9 Å². The molecule has 0 atom stereocenters. The Kier molecular flexibility index (Phi) is 3.89. The van der Waals surface area contributed by atoms with Crippen LogP contribution in [0.2, 0.25) is 11.5 Å². The van der Waals surface area contributed by atoms with Crippen molar-refractivity contribution >= 4 is 18.3 Å². The molecule has 0 saturated carbocycles. The van der Waals surface area contributed by atoms with E-state index < -0.39 is 0 Å². The van der Waals surface area contributed by atoms with Gasteiger partial charge >= 0.3 is 0 Å². The summed E-state index contributed by atoms with van der Waals surface area (Å²) in [6.45, 7) is 0.00198. The highest BCUT2D eigenvalue weighted by molar-refractivity contribution is 6.66. The SMILES string of the molecule is N#CB1CCc2c(Cl)nc(Cc3ccc(F)cc3)nc2C1. The van der Waals surface area contributed by atoms with Gasteiger partial charge in [0.1, 0.15) is 16.8 Å². The summed E-state index contributed by atoms with van der Waals surface area (Å²) in [6, 6.07) is 6.26. The second-order valence-electron chi connectivity index (χ2n) is 5.23. The first-order valence-electron chi connectivity index (χ1n) is 6.84. The smallest absolute Gasteiger partial charge is 0.238 e. The van der Waals surface area contributed by atoms with Gasteiger partial charge in [-0.3, -0.25) is 0 Å². The Hall–Kier alpha value is -1.93. The Bertz CT molecular complexity index is 712. The Morgan fingerprint density at radius 3 is 2.76 bits per heavy atom. The van der Waals surface area contributed by atoms with Crippen molar-refractivity contribution in [2.75, 3.05) is 0 Å². The zero-order valence-electron chi connectivity index (χ0n) is 11.3. The lowest BCUT2D eigenvalue weighted by Crippen LogP contribution is -2.24. The van der Waals surface area contributed by atoms with Gasteiger partial charge in [0.2, 0.25) is 0 Å². The maximum Gasteiger partial charge on any atom is 0.274 e. The number of nitriles is 1. The summed E-state index contributed by atoms with van der Waals surface area (Å²) in [4.78, 5) is 8.88. The van der Waals surface area contributed by atoms with Crippen molar-refractivity contribution in [2.24, 2.45) is 0 Å². The Labute approximate surface area is 127 Å². The lowest BCUT2D eigenvalue weighted by atomic mass is 9.43. The topological polar surface area (TPSA) is 49.6 Å². The average Bonchev–Trinajstić information content (AvgIpc) is 2.49. The van der Waals surface area contributed by atoms with Crippen molar-refractivity contribution in [1.29, 1.82) is 5.26 Å². The normalized spacial score (nSPS) is 13.7. The van der Waals surface area contributed by atoms with Crippen LogP contribution in [0.3, 0.4) is 0 Å². The number of hydrogen-bond acceptors (Lipinski definition) is 3. The van der Waals surface area contributed by atoms with Gasteiger partial charge in [0.25, 0.3) is 6.71 Å². The van der Waals surface area contributed by atoms with Gasteiger partial charge in [-0.25, -0.2) is 19.6 Å². The fraction of sp³-hybridized carbons (Fsp3) is 0.267. The zero-order chi connectivity index (χ0) is 14.8. The molecule has 0 bridgehead atoms. The maximum absolute atomic E-state index is 12.9. The molecule has 0 unspecified atom stereocenters. The Balaban J connectivity index is 1.89. The highest BCUT2D eigenvalue weighted by Crippen LogP contribution is 2.26. The highest BCUT2D eigenvalue weighted by Gasteiger charge is 2.26. The van der Waals surface area contributed by atoms with Crippen LogP contribution in [0.25, 0.3) is 0 Å². The van der Waals surface area contributed by atoms with Gasteiger partial charge in [0.15, 0.2) is 0 Å². The predicted octanol–water partition coefficient (Wildman–Crippen LogP) is 3.06. The van der Waals surface area contributed by atoms with E-state index in [9.17, 15) is 4.39 Å². The maximum atomic E-state index is 12.9. The number of fused-ring (bicyclic) bond motifs is 1. The second kappa shape index (κ2) is 5.83. The minimum atomic E-state index is -0.264. The molecule has 1 aliphatic rings. The van der Waals surface area contributed by atoms with E-state index in [-0.39, 0.29) is 12.5 Å². The number of hydrogen-bond donors (Lipinski definition) is 0. The summed E-state index contributed by atoms with van der Waals surface area (Å²) in [5.74, 6) is 2.65. The summed E-state index contributed by atoms with van der Waals surface area (Å²) >= 11 is 6.24. The molecule has 0 aliphatic carbocycles. The molecule has 1 aromatic carbocycles. The summed E-state index contributed by atoms with van der Waals surface area (Å²) in [7, 11) is 0. The van der Waals surface area contributed by atoms with Crippen LogP contribution in [0.1, 0.15) is 22.6 Å². The van der Waals surface area contributed by atoms with Gasteiger partial charge in [-0.2, -0.15) is 0 Å². The molecule has 0 radical (unpaired) electrons. The van der Waals surface area contributed by atoms with Gasteiger partial charge in [-0.05, 0) is 30.4 Å². The summed E-state index contributed by atoms with van der Waals surface area (Å²) in [5, 5.41) is 9.53. The van der Waals surface area contributed by atoms with E-state index in [2.05, 4.69) is 15.9 Å². The standard InChI is InChI=1S/C15H12BClFN3/c17-15-12-5-6-16(9-19)8-13(12)20-14(21-15)7-10-1-3-11(18)4-2-10/h1-4H,5-8H2. The molecule has 104 valence electrons. The highest BCUT2D eigenvalue weighted by atomic mass is 35.5. The molecule has 3 rings (SSSR count). The van der Waals surface area contributed by atoms with E-state index in [0.717, 1.165) is 29.6 Å². The molecule has 0 fully saturated rings. The first kappa shape index (κ1) is 14.0. The van der Waals surface area contributed by atoms with E-state index in [1.165, 1.54) is 12.1 Å². The van der Waals surface area contributed by atoms with E-state index in [1.54, 1.807) is 12.1 Å². The van der Waals surface area contributed by atoms with Gasteiger partial charge in [0, 0.05) is 23.6 Å². The van der Waals surface area contributed by atoms with Crippen LogP contribution in [-0.4, -0.2) is 16.7 Å². The molecule has 0 spiro atoms. The lowest BCUT2D eigenvalue weighted by molar-refractivity contribution is 0.627. The first-order valence-corrected chi connectivity index (χ1v) is 7.21. The van der Waals surface area contributed by atoms with Gasteiger partial charge in [-0.1, -0.05) is 30.1 Å². The largest absolute Gasteiger partial charge is 0.274 e. The number of halogens is 2. The van der Waals surface area contributed by atoms with Gasteiger partial charge < -0.3 is 0 Å². The number of rotatable bonds is 2. The van der Waals surface area contributed by atoms with Crippen molar-refractivity contribution < 1.29 is 4.39 Å². The van der Waals surface area contributed by atoms with Crippen LogP contribution in [0, 0.1) is 17.0 Å². The monoisotopic (exact) mass is 299 g/mol. The molecular weight excluding hydrogens is 287 g/mol. The third-order valence-corrected chi connectivity index (χ3v) is 4.04. The van der Waals surface area contributed by atoms with Crippen molar-refractivity contribution in [1.82, 2.24) is 9.97 Å². The quantitative estimate of drug-likeness (QED) is 0.632. The van der Waals surface area contributed by atoms with Crippen LogP contribution in [-0.2, 0) is 19.2 Å². The molecule has 0 N–H and O–H groups in total. The number of nitrogens with zero attached hydrogens (tertiary/aromatic N) is 3. The predicted molar refractivity (Wildman–Crippen MR) is 79.8 cm³/mol. The van der Waals surface area contributed by atoms with Crippen LogP contribution in [0.4, 0.5) is 4.39 Å². The van der Waals surface area contributed by atoms with Crippen LogP contribution in [0.15, 0.2) is 24.3 Å². The minimum absolute atomic E-state index is 0.00198. The molecular formula is C15H12BClFN3. The van der Waals surface area contributed by atoms with Gasteiger partial charge in [-0.15, -0.1) is 0 Å². The fourth-order valence-electron chi connectivity index (χ4n) is 2.59. The van der Waals surface area contributed by atoms with Crippen molar-refractivity contribution in [3.05, 3.63) is 57.9 Å². The van der Waals surface area contributed by atoms with E-state index in [0.29, 0.717) is 23.7 Å². The molecule has 2 heterocycles. The van der Waals surface area contributed by atoms with Crippen LogP contribution >= 0.6 is 11.6 Å². The van der Waals surface area contributed by atoms with Gasteiger partial charge in [0.05, 0.1) is 0 Å². The third-order valence-electron chi connectivity index (χ3n) is 3.73. The fourth-order valence-corrected chi connectivity index (χ4v) is 2.89. The summed E-state index contributed by atoms with van der Waals surface area (Å²) < 4.78 is 12.9. The zero-order valence-corrected chi connectivity index (χ0v) is 12.1. The molecule has 1 aromatic heterocycles. The summed E-state index contributed by atoms with van der Waals surface area (Å²) in [5.41, 5.74) is 2.77. The minimum Gasteiger partial charge on any atom is -0.238 e. The molecule has 0 saturated heterocycles. The summed E-state index contributed by atoms with van der Waals surface area (Å²) in [6.07, 6.45) is 2.70. The van der Waals surface area contributed by atoms with Crippen molar-refractivity contribution in [2.45, 2.75) is 25.5 Å². The molecule has 0 amide bonds. The van der Waals surface area contributed by atoms with Crippen molar-refractivity contribution in [3.8, 4) is 5.97 Å². The third kappa shape index (κ3) is 3.06. The van der Waals surface area contributed by atoms with Crippen LogP contribution in [0.5, 0.6) is 0 Å². The second-order valence-corrected chi connectivity index (χ2v) is 5.59. The molecule has 6 heteroatoms. The molecule has 2 aromatic rings. The Morgan fingerprint density at radius 1 is 1.29 bits per heavy atom.